The lowest BCUT2D eigenvalue weighted by molar-refractivity contribution is 1.25. The van der Waals surface area contributed by atoms with E-state index in [-0.39, 0.29) is 0 Å². The van der Waals surface area contributed by atoms with Crippen molar-refractivity contribution < 1.29 is 0 Å². The molecular formula is C14H13ClS. The first-order valence-electron chi connectivity index (χ1n) is 5.18. The number of alkyl halides is 1. The second-order valence-corrected chi connectivity index (χ2v) is 5.05. The molecule has 82 valence electrons. The van der Waals surface area contributed by atoms with Crippen molar-refractivity contribution in [3.63, 3.8) is 0 Å². The van der Waals surface area contributed by atoms with Crippen molar-refractivity contribution in [2.24, 2.45) is 0 Å². The van der Waals surface area contributed by atoms with E-state index in [1.165, 1.54) is 20.9 Å². The second-order valence-electron chi connectivity index (χ2n) is 3.64. The average Bonchev–Trinajstić information content (AvgIpc) is 2.31. The lowest BCUT2D eigenvalue weighted by Gasteiger charge is -2.05. The molecule has 0 unspecified atom stereocenters. The third-order valence-corrected chi connectivity index (χ3v) is 3.72. The predicted octanol–water partition coefficient (Wildman–Crippen LogP) is 4.89. The number of halogens is 1. The van der Waals surface area contributed by atoms with Crippen molar-refractivity contribution >= 4 is 23.4 Å². The summed E-state index contributed by atoms with van der Waals surface area (Å²) >= 11 is 7.62. The molecule has 0 saturated heterocycles. The van der Waals surface area contributed by atoms with Crippen molar-refractivity contribution in [3.05, 3.63) is 59.7 Å². The molecule has 0 aliphatic carbocycles. The third kappa shape index (κ3) is 2.81. The van der Waals surface area contributed by atoms with E-state index in [2.05, 4.69) is 49.4 Å². The number of hydrogen-bond donors (Lipinski definition) is 0. The van der Waals surface area contributed by atoms with Gasteiger partial charge in [0.05, 0.1) is 0 Å². The molecule has 0 bridgehead atoms. The van der Waals surface area contributed by atoms with Crippen LogP contribution < -0.4 is 0 Å². The zero-order chi connectivity index (χ0) is 11.4. The summed E-state index contributed by atoms with van der Waals surface area (Å²) in [4.78, 5) is 2.53. The molecule has 16 heavy (non-hydrogen) atoms. The maximum absolute atomic E-state index is 5.84. The molecule has 2 rings (SSSR count). The Morgan fingerprint density at radius 1 is 1.00 bits per heavy atom. The number of rotatable bonds is 3. The molecule has 0 heterocycles. The summed E-state index contributed by atoms with van der Waals surface area (Å²) in [6.45, 7) is 2.10. The molecule has 0 saturated carbocycles. The number of aryl methyl sites for hydroxylation is 1. The Morgan fingerprint density at radius 3 is 2.38 bits per heavy atom. The van der Waals surface area contributed by atoms with Crippen LogP contribution in [-0.2, 0) is 5.88 Å². The molecule has 0 aliphatic heterocycles. The van der Waals surface area contributed by atoms with Gasteiger partial charge in [0.2, 0.25) is 0 Å². The zero-order valence-corrected chi connectivity index (χ0v) is 10.7. The van der Waals surface area contributed by atoms with Crippen LogP contribution in [0.25, 0.3) is 0 Å². The van der Waals surface area contributed by atoms with Gasteiger partial charge in [0.25, 0.3) is 0 Å². The fourth-order valence-corrected chi connectivity index (χ4v) is 2.74. The Morgan fingerprint density at radius 2 is 1.75 bits per heavy atom. The van der Waals surface area contributed by atoms with E-state index < -0.39 is 0 Å². The van der Waals surface area contributed by atoms with Crippen molar-refractivity contribution in [1.29, 1.82) is 0 Å². The highest BCUT2D eigenvalue weighted by molar-refractivity contribution is 7.99. The molecule has 0 aliphatic rings. The Labute approximate surface area is 106 Å². The predicted molar refractivity (Wildman–Crippen MR) is 71.3 cm³/mol. The van der Waals surface area contributed by atoms with Crippen LogP contribution >= 0.6 is 23.4 Å². The van der Waals surface area contributed by atoms with Crippen LogP contribution in [0.1, 0.15) is 11.1 Å². The van der Waals surface area contributed by atoms with E-state index in [0.717, 1.165) is 0 Å². The van der Waals surface area contributed by atoms with Crippen molar-refractivity contribution in [1.82, 2.24) is 0 Å². The minimum absolute atomic E-state index is 0.585. The molecule has 0 radical (unpaired) electrons. The molecule has 0 N–H and O–H groups in total. The minimum atomic E-state index is 0.585. The summed E-state index contributed by atoms with van der Waals surface area (Å²) in [5, 5.41) is 0. The summed E-state index contributed by atoms with van der Waals surface area (Å²) in [5.41, 5.74) is 2.47. The molecule has 0 nitrogen and oxygen atoms in total. The van der Waals surface area contributed by atoms with E-state index in [1.54, 1.807) is 11.8 Å². The smallest absolute Gasteiger partial charge is 0.0476 e. The van der Waals surface area contributed by atoms with E-state index >= 15 is 0 Å². The Balaban J connectivity index is 2.20. The SMILES string of the molecule is Cc1cc(Sc2ccccc2)ccc1CCl. The van der Waals surface area contributed by atoms with Gasteiger partial charge in [-0.25, -0.2) is 0 Å². The standard InChI is InChI=1S/C14H13ClS/c1-11-9-14(8-7-12(11)10-15)16-13-5-3-2-4-6-13/h2-9H,10H2,1H3. The van der Waals surface area contributed by atoms with Crippen LogP contribution in [0.3, 0.4) is 0 Å². The Hall–Kier alpha value is -0.920. The maximum Gasteiger partial charge on any atom is 0.0476 e. The monoisotopic (exact) mass is 248 g/mol. The van der Waals surface area contributed by atoms with Gasteiger partial charge in [-0.1, -0.05) is 36.0 Å². The average molecular weight is 249 g/mol. The number of benzene rings is 2. The summed E-state index contributed by atoms with van der Waals surface area (Å²) in [6.07, 6.45) is 0. The van der Waals surface area contributed by atoms with Crippen molar-refractivity contribution in [2.75, 3.05) is 0 Å². The lowest BCUT2D eigenvalue weighted by atomic mass is 10.1. The van der Waals surface area contributed by atoms with Gasteiger partial charge in [-0.15, -0.1) is 11.6 Å². The fourth-order valence-electron chi connectivity index (χ4n) is 1.51. The van der Waals surface area contributed by atoms with Gasteiger partial charge in [-0.3, -0.25) is 0 Å². The van der Waals surface area contributed by atoms with E-state index in [9.17, 15) is 0 Å². The molecular weight excluding hydrogens is 236 g/mol. The molecule has 2 aromatic carbocycles. The topological polar surface area (TPSA) is 0 Å². The van der Waals surface area contributed by atoms with E-state index in [4.69, 9.17) is 11.6 Å². The van der Waals surface area contributed by atoms with Crippen LogP contribution in [0, 0.1) is 6.92 Å². The summed E-state index contributed by atoms with van der Waals surface area (Å²) in [7, 11) is 0. The van der Waals surface area contributed by atoms with Crippen molar-refractivity contribution in [2.45, 2.75) is 22.6 Å². The van der Waals surface area contributed by atoms with Gasteiger partial charge in [0.15, 0.2) is 0 Å². The molecule has 2 aromatic rings. The van der Waals surface area contributed by atoms with Crippen LogP contribution in [0.2, 0.25) is 0 Å². The van der Waals surface area contributed by atoms with Crippen LogP contribution in [0.15, 0.2) is 58.3 Å². The molecule has 0 atom stereocenters. The van der Waals surface area contributed by atoms with Crippen LogP contribution in [-0.4, -0.2) is 0 Å². The number of hydrogen-bond acceptors (Lipinski definition) is 1. The summed E-state index contributed by atoms with van der Waals surface area (Å²) < 4.78 is 0. The van der Waals surface area contributed by atoms with Gasteiger partial charge >= 0.3 is 0 Å². The first kappa shape index (κ1) is 11.6. The molecule has 0 aromatic heterocycles. The molecule has 0 spiro atoms. The molecule has 0 fully saturated rings. The normalized spacial score (nSPS) is 10.4. The second kappa shape index (κ2) is 5.42. The summed E-state index contributed by atoms with van der Waals surface area (Å²) in [5.74, 6) is 0.585. The van der Waals surface area contributed by atoms with Gasteiger partial charge in [0, 0.05) is 15.7 Å². The molecule has 2 heteroatoms. The first-order valence-corrected chi connectivity index (χ1v) is 6.53. The Bertz CT molecular complexity index is 465. The van der Waals surface area contributed by atoms with Gasteiger partial charge in [0.1, 0.15) is 0 Å². The summed E-state index contributed by atoms with van der Waals surface area (Å²) in [6, 6.07) is 16.8. The van der Waals surface area contributed by atoms with Crippen LogP contribution in [0.5, 0.6) is 0 Å². The van der Waals surface area contributed by atoms with Gasteiger partial charge in [-0.2, -0.15) is 0 Å². The lowest BCUT2D eigenvalue weighted by Crippen LogP contribution is -1.84. The highest BCUT2D eigenvalue weighted by Crippen LogP contribution is 2.29. The van der Waals surface area contributed by atoms with Crippen molar-refractivity contribution in [3.8, 4) is 0 Å². The minimum Gasteiger partial charge on any atom is -0.122 e. The first-order chi connectivity index (χ1) is 7.79. The molecule has 0 amide bonds. The highest BCUT2D eigenvalue weighted by atomic mass is 35.5. The quantitative estimate of drug-likeness (QED) is 0.698. The van der Waals surface area contributed by atoms with Crippen LogP contribution in [0.4, 0.5) is 0 Å². The third-order valence-electron chi connectivity index (χ3n) is 2.44. The largest absolute Gasteiger partial charge is 0.122 e. The Kier molecular flexibility index (Phi) is 3.92. The fraction of sp³-hybridized carbons (Fsp3) is 0.143. The van der Waals surface area contributed by atoms with Gasteiger partial charge < -0.3 is 0 Å². The maximum atomic E-state index is 5.84. The van der Waals surface area contributed by atoms with Gasteiger partial charge in [-0.05, 0) is 42.3 Å². The zero-order valence-electron chi connectivity index (χ0n) is 9.11. The van der Waals surface area contributed by atoms with E-state index in [1.807, 2.05) is 6.07 Å². The van der Waals surface area contributed by atoms with E-state index in [0.29, 0.717) is 5.88 Å². The highest BCUT2D eigenvalue weighted by Gasteiger charge is 2.00.